The van der Waals surface area contributed by atoms with Crippen LogP contribution in [0.1, 0.15) is 31.7 Å². The fourth-order valence-electron chi connectivity index (χ4n) is 2.14. The summed E-state index contributed by atoms with van der Waals surface area (Å²) in [5.41, 5.74) is 1.37. The topological polar surface area (TPSA) is 30.5 Å². The van der Waals surface area contributed by atoms with Gasteiger partial charge in [-0.05, 0) is 42.5 Å². The molecule has 1 aromatic carbocycles. The van der Waals surface area contributed by atoms with Crippen LogP contribution >= 0.6 is 15.9 Å². The molecule has 0 aromatic heterocycles. The van der Waals surface area contributed by atoms with Crippen molar-refractivity contribution >= 4 is 15.9 Å². The first kappa shape index (κ1) is 18.6. The minimum absolute atomic E-state index is 0.486. The van der Waals surface area contributed by atoms with E-state index in [1.807, 2.05) is 0 Å². The van der Waals surface area contributed by atoms with E-state index in [2.05, 4.69) is 59.4 Å². The van der Waals surface area contributed by atoms with Crippen molar-refractivity contribution in [1.82, 2.24) is 5.32 Å². The first-order valence-corrected chi connectivity index (χ1v) is 8.45. The second-order valence-electron chi connectivity index (χ2n) is 5.69. The van der Waals surface area contributed by atoms with Crippen LogP contribution in [-0.4, -0.2) is 40.0 Å². The zero-order chi connectivity index (χ0) is 15.5. The first-order valence-electron chi connectivity index (χ1n) is 7.66. The van der Waals surface area contributed by atoms with Gasteiger partial charge in [0.05, 0.1) is 13.2 Å². The Morgan fingerprint density at radius 2 is 1.76 bits per heavy atom. The fraction of sp³-hybridized carbons (Fsp3) is 0.647. The maximum atomic E-state index is 5.62. The van der Waals surface area contributed by atoms with E-state index < -0.39 is 0 Å². The Labute approximate surface area is 137 Å². The third-order valence-corrected chi connectivity index (χ3v) is 3.86. The number of benzene rings is 1. The molecule has 0 heterocycles. The van der Waals surface area contributed by atoms with Crippen molar-refractivity contribution in [1.29, 1.82) is 0 Å². The van der Waals surface area contributed by atoms with Crippen molar-refractivity contribution in [2.24, 2.45) is 5.92 Å². The van der Waals surface area contributed by atoms with Gasteiger partial charge in [-0.3, -0.25) is 0 Å². The van der Waals surface area contributed by atoms with Gasteiger partial charge in [0, 0.05) is 24.7 Å². The van der Waals surface area contributed by atoms with Gasteiger partial charge in [0.15, 0.2) is 0 Å². The molecule has 0 aliphatic carbocycles. The molecule has 1 N–H and O–H groups in total. The van der Waals surface area contributed by atoms with Gasteiger partial charge in [0.25, 0.3) is 0 Å². The van der Waals surface area contributed by atoms with Crippen LogP contribution in [0.5, 0.6) is 0 Å². The molecular formula is C17H28BrNO2. The number of halogens is 1. The Balaban J connectivity index is 2.46. The van der Waals surface area contributed by atoms with Crippen LogP contribution in [0.25, 0.3) is 0 Å². The molecule has 0 aliphatic heterocycles. The summed E-state index contributed by atoms with van der Waals surface area (Å²) in [5.74, 6) is 1.16. The summed E-state index contributed by atoms with van der Waals surface area (Å²) in [6.45, 7) is 8.61. The number of hydrogen-bond donors (Lipinski definition) is 1. The van der Waals surface area contributed by atoms with Crippen LogP contribution in [0.15, 0.2) is 28.7 Å². The highest BCUT2D eigenvalue weighted by Crippen LogP contribution is 2.21. The highest BCUT2D eigenvalue weighted by atomic mass is 79.9. The van der Waals surface area contributed by atoms with Gasteiger partial charge in [-0.15, -0.1) is 0 Å². The number of ether oxygens (including phenoxy) is 2. The minimum Gasteiger partial charge on any atom is -0.382 e. The lowest BCUT2D eigenvalue weighted by molar-refractivity contribution is 0.0669. The summed E-state index contributed by atoms with van der Waals surface area (Å²) in [4.78, 5) is 0. The average Bonchev–Trinajstić information content (AvgIpc) is 2.46. The van der Waals surface area contributed by atoms with Gasteiger partial charge in [0.2, 0.25) is 0 Å². The molecule has 0 amide bonds. The molecule has 0 bridgehead atoms. The highest BCUT2D eigenvalue weighted by molar-refractivity contribution is 9.10. The molecule has 0 saturated heterocycles. The van der Waals surface area contributed by atoms with E-state index in [0.29, 0.717) is 25.0 Å². The molecule has 0 fully saturated rings. The first-order chi connectivity index (χ1) is 10.1. The molecule has 0 saturated carbocycles. The molecule has 21 heavy (non-hydrogen) atoms. The van der Waals surface area contributed by atoms with Crippen LogP contribution in [0.3, 0.4) is 0 Å². The monoisotopic (exact) mass is 357 g/mol. The molecule has 4 heteroatoms. The Kier molecular flexibility index (Phi) is 9.92. The second kappa shape index (κ2) is 11.2. The maximum absolute atomic E-state index is 5.62. The lowest BCUT2D eigenvalue weighted by atomic mass is 9.96. The van der Waals surface area contributed by atoms with Crippen LogP contribution in [0.4, 0.5) is 0 Å². The normalized spacial score (nSPS) is 12.8. The predicted octanol–water partition coefficient (Wildman–Crippen LogP) is 3.83. The summed E-state index contributed by atoms with van der Waals surface area (Å²) in [7, 11) is 1.70. The average molecular weight is 358 g/mol. The third kappa shape index (κ3) is 8.57. The third-order valence-electron chi connectivity index (χ3n) is 3.33. The van der Waals surface area contributed by atoms with Crippen LogP contribution in [0.2, 0.25) is 0 Å². The second-order valence-corrected chi connectivity index (χ2v) is 6.61. The zero-order valence-electron chi connectivity index (χ0n) is 13.4. The largest absolute Gasteiger partial charge is 0.382 e. The van der Waals surface area contributed by atoms with E-state index in [0.717, 1.165) is 30.6 Å². The molecule has 0 spiro atoms. The molecule has 1 atom stereocenters. The molecule has 1 rings (SSSR count). The smallest absolute Gasteiger partial charge is 0.0700 e. The predicted molar refractivity (Wildman–Crippen MR) is 91.9 cm³/mol. The number of methoxy groups -OCH3 is 1. The summed E-state index contributed by atoms with van der Waals surface area (Å²) >= 11 is 3.49. The summed E-state index contributed by atoms with van der Waals surface area (Å²) in [6.07, 6.45) is 1.02. The van der Waals surface area contributed by atoms with Gasteiger partial charge in [-0.2, -0.15) is 0 Å². The molecule has 1 aromatic rings. The van der Waals surface area contributed by atoms with Crippen LogP contribution < -0.4 is 5.32 Å². The van der Waals surface area contributed by atoms with Gasteiger partial charge in [-0.25, -0.2) is 0 Å². The van der Waals surface area contributed by atoms with E-state index in [9.17, 15) is 0 Å². The Bertz CT molecular complexity index is 368. The number of nitrogens with one attached hydrogen (secondary N) is 1. The Hall–Kier alpha value is -0.420. The summed E-state index contributed by atoms with van der Waals surface area (Å²) in [6, 6.07) is 8.61. The summed E-state index contributed by atoms with van der Waals surface area (Å²) < 4.78 is 11.7. The van der Waals surface area contributed by atoms with Crippen molar-refractivity contribution in [3.63, 3.8) is 0 Å². The lowest BCUT2D eigenvalue weighted by Gasteiger charge is -2.19. The van der Waals surface area contributed by atoms with E-state index in [1.165, 1.54) is 5.56 Å². The van der Waals surface area contributed by atoms with E-state index in [-0.39, 0.29) is 0 Å². The quantitative estimate of drug-likeness (QED) is 0.610. The highest BCUT2D eigenvalue weighted by Gasteiger charge is 2.11. The van der Waals surface area contributed by atoms with Crippen molar-refractivity contribution < 1.29 is 9.47 Å². The Morgan fingerprint density at radius 3 is 2.38 bits per heavy atom. The molecule has 120 valence electrons. The van der Waals surface area contributed by atoms with Gasteiger partial charge >= 0.3 is 0 Å². The molecule has 1 unspecified atom stereocenters. The minimum atomic E-state index is 0.486. The maximum Gasteiger partial charge on any atom is 0.0700 e. The van der Waals surface area contributed by atoms with Gasteiger partial charge < -0.3 is 14.8 Å². The summed E-state index contributed by atoms with van der Waals surface area (Å²) in [5, 5.41) is 3.56. The van der Waals surface area contributed by atoms with Crippen molar-refractivity contribution in [3.8, 4) is 0 Å². The SMILES string of the molecule is COCCOCCC(CNCC(C)C)c1ccc(Br)cc1. The van der Waals surface area contributed by atoms with Gasteiger partial charge in [-0.1, -0.05) is 41.9 Å². The molecule has 0 aliphatic rings. The van der Waals surface area contributed by atoms with Crippen LogP contribution in [0, 0.1) is 5.92 Å². The van der Waals surface area contributed by atoms with Gasteiger partial charge in [0.1, 0.15) is 0 Å². The molecular weight excluding hydrogens is 330 g/mol. The zero-order valence-corrected chi connectivity index (χ0v) is 15.0. The number of rotatable bonds is 11. The lowest BCUT2D eigenvalue weighted by Crippen LogP contribution is -2.26. The van der Waals surface area contributed by atoms with Crippen molar-refractivity contribution in [3.05, 3.63) is 34.3 Å². The fourth-order valence-corrected chi connectivity index (χ4v) is 2.40. The molecule has 3 nitrogen and oxygen atoms in total. The van der Waals surface area contributed by atoms with Crippen LogP contribution in [-0.2, 0) is 9.47 Å². The van der Waals surface area contributed by atoms with Crippen molar-refractivity contribution in [2.45, 2.75) is 26.2 Å². The standard InChI is InChI=1S/C17H28BrNO2/c1-14(2)12-19-13-16(8-9-21-11-10-20-3)15-4-6-17(18)7-5-15/h4-7,14,16,19H,8-13H2,1-3H3. The molecule has 0 radical (unpaired) electrons. The van der Waals surface area contributed by atoms with E-state index in [1.54, 1.807) is 7.11 Å². The van der Waals surface area contributed by atoms with Crippen molar-refractivity contribution in [2.75, 3.05) is 40.0 Å². The van der Waals surface area contributed by atoms with E-state index in [4.69, 9.17) is 9.47 Å². The number of hydrogen-bond acceptors (Lipinski definition) is 3. The Morgan fingerprint density at radius 1 is 1.05 bits per heavy atom. The van der Waals surface area contributed by atoms with E-state index >= 15 is 0 Å².